The van der Waals surface area contributed by atoms with Crippen molar-refractivity contribution < 1.29 is 0 Å². The minimum atomic E-state index is 0.487. The number of rotatable bonds is 7. The Morgan fingerprint density at radius 2 is 2.05 bits per heavy atom. The average molecular weight is 274 g/mol. The van der Waals surface area contributed by atoms with E-state index in [-0.39, 0.29) is 0 Å². The van der Waals surface area contributed by atoms with Crippen molar-refractivity contribution in [1.29, 1.82) is 0 Å². The zero-order valence-electron chi connectivity index (χ0n) is 13.4. The summed E-state index contributed by atoms with van der Waals surface area (Å²) in [7, 11) is 2.08. The molecule has 2 atom stereocenters. The summed E-state index contributed by atoms with van der Waals surface area (Å²) < 4.78 is 0. The van der Waals surface area contributed by atoms with Gasteiger partial charge in [-0.25, -0.2) is 0 Å². The van der Waals surface area contributed by atoms with Crippen LogP contribution in [0.25, 0.3) is 0 Å². The van der Waals surface area contributed by atoms with Crippen LogP contribution < -0.4 is 5.32 Å². The lowest BCUT2D eigenvalue weighted by Crippen LogP contribution is -2.27. The fourth-order valence-corrected chi connectivity index (χ4v) is 3.35. The lowest BCUT2D eigenvalue weighted by molar-refractivity contribution is 0.299. The van der Waals surface area contributed by atoms with Crippen molar-refractivity contribution in [3.63, 3.8) is 0 Å². The smallest absolute Gasteiger partial charge is 0.0329 e. The molecule has 1 fully saturated rings. The van der Waals surface area contributed by atoms with Crippen LogP contribution in [0.5, 0.6) is 0 Å². The molecule has 1 aliphatic heterocycles. The quantitative estimate of drug-likeness (QED) is 0.814. The standard InChI is InChI=1S/C18H30N2/c1-4-5-16-10-12-20(14-16)13-11-18(19-3)17-8-6-15(2)7-9-17/h6-9,16,18-19H,4-5,10-14H2,1-3H3. The van der Waals surface area contributed by atoms with Crippen molar-refractivity contribution >= 4 is 0 Å². The molecule has 0 amide bonds. The van der Waals surface area contributed by atoms with Gasteiger partial charge in [0.15, 0.2) is 0 Å². The van der Waals surface area contributed by atoms with Crippen molar-refractivity contribution in [2.75, 3.05) is 26.7 Å². The van der Waals surface area contributed by atoms with Gasteiger partial charge in [-0.15, -0.1) is 0 Å². The van der Waals surface area contributed by atoms with Crippen LogP contribution >= 0.6 is 0 Å². The topological polar surface area (TPSA) is 15.3 Å². The number of hydrogen-bond acceptors (Lipinski definition) is 2. The second kappa shape index (κ2) is 7.80. The van der Waals surface area contributed by atoms with Gasteiger partial charge in [-0.3, -0.25) is 0 Å². The minimum Gasteiger partial charge on any atom is -0.313 e. The fourth-order valence-electron chi connectivity index (χ4n) is 3.35. The van der Waals surface area contributed by atoms with Crippen LogP contribution in [0.4, 0.5) is 0 Å². The molecule has 2 heteroatoms. The van der Waals surface area contributed by atoms with Crippen LogP contribution in [0.3, 0.4) is 0 Å². The van der Waals surface area contributed by atoms with E-state index in [1.807, 2.05) is 0 Å². The average Bonchev–Trinajstić information content (AvgIpc) is 2.89. The summed E-state index contributed by atoms with van der Waals surface area (Å²) in [5, 5.41) is 3.47. The maximum absolute atomic E-state index is 3.47. The molecule has 0 saturated carbocycles. The monoisotopic (exact) mass is 274 g/mol. The molecule has 1 heterocycles. The molecule has 1 aromatic rings. The number of benzene rings is 1. The van der Waals surface area contributed by atoms with Gasteiger partial charge in [0.25, 0.3) is 0 Å². The highest BCUT2D eigenvalue weighted by Crippen LogP contribution is 2.23. The van der Waals surface area contributed by atoms with Gasteiger partial charge in [0.1, 0.15) is 0 Å². The molecular formula is C18H30N2. The number of aryl methyl sites for hydroxylation is 1. The van der Waals surface area contributed by atoms with Gasteiger partial charge in [-0.2, -0.15) is 0 Å². The molecule has 112 valence electrons. The van der Waals surface area contributed by atoms with Crippen molar-refractivity contribution in [3.8, 4) is 0 Å². The van der Waals surface area contributed by atoms with Gasteiger partial charge in [0, 0.05) is 12.6 Å². The minimum absolute atomic E-state index is 0.487. The zero-order chi connectivity index (χ0) is 14.4. The Labute approximate surface area is 124 Å². The molecule has 1 aromatic carbocycles. The first kappa shape index (κ1) is 15.5. The maximum Gasteiger partial charge on any atom is 0.0329 e. The Morgan fingerprint density at radius 3 is 2.70 bits per heavy atom. The van der Waals surface area contributed by atoms with E-state index in [2.05, 4.69) is 55.4 Å². The van der Waals surface area contributed by atoms with Gasteiger partial charge < -0.3 is 10.2 Å². The van der Waals surface area contributed by atoms with Crippen molar-refractivity contribution in [2.24, 2.45) is 5.92 Å². The zero-order valence-corrected chi connectivity index (χ0v) is 13.4. The molecule has 0 aromatic heterocycles. The van der Waals surface area contributed by atoms with Gasteiger partial charge in [-0.05, 0) is 57.8 Å². The molecule has 0 spiro atoms. The van der Waals surface area contributed by atoms with Crippen LogP contribution in [0.2, 0.25) is 0 Å². The van der Waals surface area contributed by atoms with Gasteiger partial charge in [0.2, 0.25) is 0 Å². The van der Waals surface area contributed by atoms with Gasteiger partial charge >= 0.3 is 0 Å². The van der Waals surface area contributed by atoms with Crippen molar-refractivity contribution in [3.05, 3.63) is 35.4 Å². The first-order valence-corrected chi connectivity index (χ1v) is 8.19. The highest BCUT2D eigenvalue weighted by atomic mass is 15.1. The Balaban J connectivity index is 1.81. The Morgan fingerprint density at radius 1 is 1.30 bits per heavy atom. The van der Waals surface area contributed by atoms with E-state index >= 15 is 0 Å². The third kappa shape index (κ3) is 4.32. The largest absolute Gasteiger partial charge is 0.313 e. The fraction of sp³-hybridized carbons (Fsp3) is 0.667. The van der Waals surface area contributed by atoms with Crippen LogP contribution in [0, 0.1) is 12.8 Å². The molecular weight excluding hydrogens is 244 g/mol. The van der Waals surface area contributed by atoms with E-state index in [0.29, 0.717) is 6.04 Å². The summed E-state index contributed by atoms with van der Waals surface area (Å²) in [5.74, 6) is 0.951. The molecule has 2 rings (SSSR count). The molecule has 1 saturated heterocycles. The number of nitrogens with zero attached hydrogens (tertiary/aromatic N) is 1. The van der Waals surface area contributed by atoms with E-state index in [9.17, 15) is 0 Å². The third-order valence-corrected chi connectivity index (χ3v) is 4.63. The van der Waals surface area contributed by atoms with E-state index in [1.54, 1.807) is 0 Å². The van der Waals surface area contributed by atoms with Crippen LogP contribution in [-0.4, -0.2) is 31.6 Å². The molecule has 2 unspecified atom stereocenters. The Hall–Kier alpha value is -0.860. The summed E-state index contributed by atoms with van der Waals surface area (Å²) in [5.41, 5.74) is 2.76. The molecule has 2 nitrogen and oxygen atoms in total. The van der Waals surface area contributed by atoms with Crippen LogP contribution in [-0.2, 0) is 0 Å². The molecule has 0 radical (unpaired) electrons. The predicted molar refractivity (Wildman–Crippen MR) is 87.1 cm³/mol. The Bertz CT molecular complexity index is 385. The van der Waals surface area contributed by atoms with Crippen LogP contribution in [0.1, 0.15) is 49.8 Å². The predicted octanol–water partition coefficient (Wildman–Crippen LogP) is 3.77. The first-order chi connectivity index (χ1) is 9.72. The van der Waals surface area contributed by atoms with Crippen molar-refractivity contribution in [2.45, 2.75) is 45.6 Å². The Kier molecular flexibility index (Phi) is 6.06. The lowest BCUT2D eigenvalue weighted by atomic mass is 10.0. The van der Waals surface area contributed by atoms with E-state index < -0.39 is 0 Å². The number of hydrogen-bond donors (Lipinski definition) is 1. The van der Waals surface area contributed by atoms with E-state index in [0.717, 1.165) is 5.92 Å². The summed E-state index contributed by atoms with van der Waals surface area (Å²) in [6, 6.07) is 9.45. The highest BCUT2D eigenvalue weighted by molar-refractivity contribution is 5.24. The molecule has 0 bridgehead atoms. The van der Waals surface area contributed by atoms with E-state index in [1.165, 1.54) is 56.4 Å². The molecule has 1 N–H and O–H groups in total. The van der Waals surface area contributed by atoms with Gasteiger partial charge in [-0.1, -0.05) is 43.2 Å². The summed E-state index contributed by atoms with van der Waals surface area (Å²) in [6.07, 6.45) is 5.35. The normalized spacial score (nSPS) is 21.2. The second-order valence-electron chi connectivity index (χ2n) is 6.28. The third-order valence-electron chi connectivity index (χ3n) is 4.63. The second-order valence-corrected chi connectivity index (χ2v) is 6.28. The lowest BCUT2D eigenvalue weighted by Gasteiger charge is -2.21. The summed E-state index contributed by atoms with van der Waals surface area (Å²) in [4.78, 5) is 2.65. The molecule has 0 aliphatic carbocycles. The SMILES string of the molecule is CCCC1CCN(CCC(NC)c2ccc(C)cc2)C1. The van der Waals surface area contributed by atoms with E-state index in [4.69, 9.17) is 0 Å². The number of nitrogens with one attached hydrogen (secondary N) is 1. The van der Waals surface area contributed by atoms with Crippen LogP contribution in [0.15, 0.2) is 24.3 Å². The number of likely N-dealkylation sites (tertiary alicyclic amines) is 1. The van der Waals surface area contributed by atoms with Crippen molar-refractivity contribution in [1.82, 2.24) is 10.2 Å². The highest BCUT2D eigenvalue weighted by Gasteiger charge is 2.22. The molecule has 20 heavy (non-hydrogen) atoms. The summed E-state index contributed by atoms with van der Waals surface area (Å²) in [6.45, 7) is 8.29. The summed E-state index contributed by atoms with van der Waals surface area (Å²) >= 11 is 0. The maximum atomic E-state index is 3.47. The van der Waals surface area contributed by atoms with Gasteiger partial charge in [0.05, 0.1) is 0 Å². The molecule has 1 aliphatic rings. The first-order valence-electron chi connectivity index (χ1n) is 8.19.